The zero-order valence-electron chi connectivity index (χ0n) is 18.4. The van der Waals surface area contributed by atoms with Gasteiger partial charge in [-0.25, -0.2) is 9.18 Å². The van der Waals surface area contributed by atoms with Crippen LogP contribution in [0.4, 0.5) is 14.9 Å². The quantitative estimate of drug-likeness (QED) is 0.702. The highest BCUT2D eigenvalue weighted by atomic mass is 19.1. The molecule has 4 rings (SSSR count). The molecule has 2 amide bonds. The molecule has 2 aliphatic heterocycles. The number of piperidine rings is 1. The van der Waals surface area contributed by atoms with Crippen LogP contribution < -0.4 is 10.2 Å². The van der Waals surface area contributed by atoms with Crippen LogP contribution in [0.2, 0.25) is 0 Å². The lowest BCUT2D eigenvalue weighted by Crippen LogP contribution is -2.40. The normalized spacial score (nSPS) is 19.8. The highest BCUT2D eigenvalue weighted by molar-refractivity contribution is 5.93. The van der Waals surface area contributed by atoms with Gasteiger partial charge in [-0.05, 0) is 74.2 Å². The molecule has 1 atom stereocenters. The third-order valence-electron chi connectivity index (χ3n) is 6.36. The fraction of sp³-hybridized carbons (Fsp3) is 0.480. The van der Waals surface area contributed by atoms with Gasteiger partial charge in [-0.2, -0.15) is 0 Å². The van der Waals surface area contributed by atoms with Crippen molar-refractivity contribution in [2.24, 2.45) is 5.92 Å². The Balaban J connectivity index is 1.23. The second-order valence-electron chi connectivity index (χ2n) is 8.93. The van der Waals surface area contributed by atoms with Crippen LogP contribution in [0.15, 0.2) is 48.5 Å². The second kappa shape index (κ2) is 10.2. The third-order valence-corrected chi connectivity index (χ3v) is 6.36. The smallest absolute Gasteiger partial charge is 0.321 e. The summed E-state index contributed by atoms with van der Waals surface area (Å²) >= 11 is 0. The number of nitrogens with one attached hydrogen (secondary N) is 1. The van der Waals surface area contributed by atoms with Crippen molar-refractivity contribution in [2.75, 3.05) is 51.2 Å². The minimum absolute atomic E-state index is 0.00820. The van der Waals surface area contributed by atoms with Crippen molar-refractivity contribution in [1.29, 1.82) is 0 Å². The zero-order valence-corrected chi connectivity index (χ0v) is 18.4. The molecule has 2 aromatic carbocycles. The summed E-state index contributed by atoms with van der Waals surface area (Å²) in [5.41, 5.74) is 3.44. The summed E-state index contributed by atoms with van der Waals surface area (Å²) in [4.78, 5) is 18.6. The maximum absolute atomic E-state index is 13.1. The van der Waals surface area contributed by atoms with Crippen LogP contribution in [-0.2, 0) is 13.0 Å². The van der Waals surface area contributed by atoms with E-state index >= 15 is 0 Å². The topological polar surface area (TPSA) is 38.8 Å². The molecule has 2 heterocycles. The number of carbonyl (C=O) groups excluding carboxylic acids is 1. The van der Waals surface area contributed by atoms with Crippen molar-refractivity contribution in [3.05, 3.63) is 65.5 Å². The number of nitrogens with zero attached hydrogens (tertiary/aromatic N) is 3. The van der Waals surface area contributed by atoms with Gasteiger partial charge >= 0.3 is 6.03 Å². The summed E-state index contributed by atoms with van der Waals surface area (Å²) in [7, 11) is 2.19. The first-order valence-electron chi connectivity index (χ1n) is 11.4. The first kappa shape index (κ1) is 21.8. The van der Waals surface area contributed by atoms with E-state index in [4.69, 9.17) is 0 Å². The van der Waals surface area contributed by atoms with Crippen LogP contribution in [0.25, 0.3) is 0 Å². The summed E-state index contributed by atoms with van der Waals surface area (Å²) in [6.07, 6.45) is 3.50. The molecule has 166 valence electrons. The Morgan fingerprint density at radius 3 is 2.52 bits per heavy atom. The first-order chi connectivity index (χ1) is 15.1. The van der Waals surface area contributed by atoms with E-state index in [1.807, 2.05) is 24.3 Å². The summed E-state index contributed by atoms with van der Waals surface area (Å²) in [6.45, 7) is 6.78. The third kappa shape index (κ3) is 6.05. The predicted octanol–water partition coefficient (Wildman–Crippen LogP) is 3.74. The van der Waals surface area contributed by atoms with Gasteiger partial charge < -0.3 is 15.1 Å². The van der Waals surface area contributed by atoms with Crippen molar-refractivity contribution >= 4 is 11.7 Å². The molecule has 0 aromatic heterocycles. The predicted molar refractivity (Wildman–Crippen MR) is 123 cm³/mol. The molecule has 6 heteroatoms. The molecule has 1 N–H and O–H groups in total. The Bertz CT molecular complexity index is 855. The molecule has 2 aliphatic rings. The second-order valence-corrected chi connectivity index (χ2v) is 8.93. The van der Waals surface area contributed by atoms with E-state index in [9.17, 15) is 9.18 Å². The number of hydrogen-bond acceptors (Lipinski definition) is 3. The summed E-state index contributed by atoms with van der Waals surface area (Å²) in [5.74, 6) is 0.514. The Morgan fingerprint density at radius 1 is 1.06 bits per heavy atom. The molecule has 0 aliphatic carbocycles. The standard InChI is InChI=1S/C25H33FN4O/c1-28(17-21-6-10-24(11-7-21)30-16-13-27-25(30)31)18-22-3-2-14-29(19-22)15-12-20-4-8-23(26)9-5-20/h4-11,22H,2-3,12-19H2,1H3,(H,27,31)/t22-/m0/s1. The van der Waals surface area contributed by atoms with Crippen LogP contribution >= 0.6 is 0 Å². The van der Waals surface area contributed by atoms with Gasteiger partial charge in [0.2, 0.25) is 0 Å². The maximum atomic E-state index is 13.1. The van der Waals surface area contributed by atoms with E-state index in [0.717, 1.165) is 51.4 Å². The fourth-order valence-electron chi connectivity index (χ4n) is 4.76. The molecular weight excluding hydrogens is 391 g/mol. The minimum atomic E-state index is -0.166. The average molecular weight is 425 g/mol. The van der Waals surface area contributed by atoms with Crippen molar-refractivity contribution < 1.29 is 9.18 Å². The SMILES string of the molecule is CN(Cc1ccc(N2CCNC2=O)cc1)C[C@@H]1CCCN(CCc2ccc(F)cc2)C1. The van der Waals surface area contributed by atoms with Crippen molar-refractivity contribution in [3.63, 3.8) is 0 Å². The number of anilines is 1. The van der Waals surface area contributed by atoms with Crippen molar-refractivity contribution in [1.82, 2.24) is 15.1 Å². The number of amides is 2. The van der Waals surface area contributed by atoms with E-state index in [1.54, 1.807) is 17.0 Å². The lowest BCUT2D eigenvalue weighted by Gasteiger charge is -2.34. The molecule has 31 heavy (non-hydrogen) atoms. The van der Waals surface area contributed by atoms with E-state index in [0.29, 0.717) is 12.5 Å². The molecule has 0 unspecified atom stereocenters. The summed E-state index contributed by atoms with van der Waals surface area (Å²) < 4.78 is 13.1. The molecule has 2 aromatic rings. The maximum Gasteiger partial charge on any atom is 0.321 e. The van der Waals surface area contributed by atoms with Crippen molar-refractivity contribution in [2.45, 2.75) is 25.8 Å². The van der Waals surface area contributed by atoms with Gasteiger partial charge in [0.15, 0.2) is 0 Å². The monoisotopic (exact) mass is 424 g/mol. The molecule has 0 saturated carbocycles. The average Bonchev–Trinajstić information content (AvgIpc) is 3.20. The highest BCUT2D eigenvalue weighted by Crippen LogP contribution is 2.21. The van der Waals surface area contributed by atoms with Gasteiger partial charge in [0, 0.05) is 45.0 Å². The minimum Gasteiger partial charge on any atom is -0.336 e. The zero-order chi connectivity index (χ0) is 21.6. The molecule has 2 fully saturated rings. The Hall–Kier alpha value is -2.44. The van der Waals surface area contributed by atoms with Crippen molar-refractivity contribution in [3.8, 4) is 0 Å². The number of hydrogen-bond donors (Lipinski definition) is 1. The Labute approximate surface area is 184 Å². The Kier molecular flexibility index (Phi) is 7.20. The number of likely N-dealkylation sites (tertiary alicyclic amines) is 1. The van der Waals surface area contributed by atoms with Crippen LogP contribution in [0.1, 0.15) is 24.0 Å². The van der Waals surface area contributed by atoms with E-state index < -0.39 is 0 Å². The summed E-state index contributed by atoms with van der Waals surface area (Å²) in [6, 6.07) is 15.2. The highest BCUT2D eigenvalue weighted by Gasteiger charge is 2.22. The van der Waals surface area contributed by atoms with Gasteiger partial charge in [-0.15, -0.1) is 0 Å². The summed E-state index contributed by atoms with van der Waals surface area (Å²) in [5, 5.41) is 2.84. The van der Waals surface area contributed by atoms with E-state index in [2.05, 4.69) is 34.3 Å². The van der Waals surface area contributed by atoms with Gasteiger partial charge in [0.05, 0.1) is 0 Å². The van der Waals surface area contributed by atoms with Crippen LogP contribution in [0.5, 0.6) is 0 Å². The number of benzene rings is 2. The molecule has 0 radical (unpaired) electrons. The van der Waals surface area contributed by atoms with Gasteiger partial charge in [-0.1, -0.05) is 24.3 Å². The number of carbonyl (C=O) groups is 1. The number of urea groups is 1. The van der Waals surface area contributed by atoms with E-state index in [-0.39, 0.29) is 11.8 Å². The van der Waals surface area contributed by atoms with Gasteiger partial charge in [0.1, 0.15) is 5.82 Å². The lowest BCUT2D eigenvalue weighted by atomic mass is 9.97. The Morgan fingerprint density at radius 2 is 1.81 bits per heavy atom. The van der Waals surface area contributed by atoms with Gasteiger partial charge in [0.25, 0.3) is 0 Å². The van der Waals surface area contributed by atoms with Crippen LogP contribution in [-0.4, -0.2) is 62.1 Å². The lowest BCUT2D eigenvalue weighted by molar-refractivity contribution is 0.142. The molecule has 2 saturated heterocycles. The van der Waals surface area contributed by atoms with E-state index in [1.165, 1.54) is 24.0 Å². The molecule has 5 nitrogen and oxygen atoms in total. The fourth-order valence-corrected chi connectivity index (χ4v) is 4.76. The van der Waals surface area contributed by atoms with Crippen LogP contribution in [0, 0.1) is 11.7 Å². The largest absolute Gasteiger partial charge is 0.336 e. The molecule has 0 bridgehead atoms. The first-order valence-corrected chi connectivity index (χ1v) is 11.4. The molecule has 0 spiro atoms. The van der Waals surface area contributed by atoms with Crippen LogP contribution in [0.3, 0.4) is 0 Å². The molecular formula is C25H33FN4O. The van der Waals surface area contributed by atoms with Gasteiger partial charge in [-0.3, -0.25) is 4.90 Å². The number of halogens is 1. The number of rotatable bonds is 8.